The zero-order valence-electron chi connectivity index (χ0n) is 13.9. The summed E-state index contributed by atoms with van der Waals surface area (Å²) in [5, 5.41) is 14.9. The molecule has 124 valence electrons. The molecule has 0 aliphatic carbocycles. The molecule has 1 rings (SSSR count). The van der Waals surface area contributed by atoms with Crippen LogP contribution in [0.4, 0.5) is 4.79 Å². The van der Waals surface area contributed by atoms with Crippen LogP contribution in [-0.2, 0) is 0 Å². The third-order valence-electron chi connectivity index (χ3n) is 4.32. The van der Waals surface area contributed by atoms with E-state index in [1.54, 1.807) is 0 Å². The van der Waals surface area contributed by atoms with Gasteiger partial charge < -0.3 is 20.6 Å². The van der Waals surface area contributed by atoms with Gasteiger partial charge in [0.15, 0.2) is 0 Å². The summed E-state index contributed by atoms with van der Waals surface area (Å²) in [4.78, 5) is 14.3. The number of rotatable bonds is 8. The lowest BCUT2D eigenvalue weighted by atomic mass is 10.00. The average molecular weight is 299 g/mol. The van der Waals surface area contributed by atoms with Gasteiger partial charge in [-0.1, -0.05) is 20.3 Å². The summed E-state index contributed by atoms with van der Waals surface area (Å²) in [5.41, 5.74) is 0. The number of carbonyl (C=O) groups excluding carboxylic acids is 1. The van der Waals surface area contributed by atoms with Gasteiger partial charge in [-0.05, 0) is 44.6 Å². The highest BCUT2D eigenvalue weighted by molar-refractivity contribution is 5.74. The van der Waals surface area contributed by atoms with Crippen LogP contribution in [0.3, 0.4) is 0 Å². The number of piperidine rings is 1. The fourth-order valence-electron chi connectivity index (χ4n) is 3.03. The Morgan fingerprint density at radius 2 is 2.24 bits per heavy atom. The van der Waals surface area contributed by atoms with Crippen molar-refractivity contribution in [1.29, 1.82) is 0 Å². The van der Waals surface area contributed by atoms with Gasteiger partial charge in [0.2, 0.25) is 0 Å². The molecular formula is C16H33N3O2. The molecule has 1 heterocycles. The molecular weight excluding hydrogens is 266 g/mol. The molecule has 5 nitrogen and oxygen atoms in total. The fraction of sp³-hybridized carbons (Fsp3) is 0.938. The lowest BCUT2D eigenvalue weighted by Crippen LogP contribution is -2.48. The van der Waals surface area contributed by atoms with Gasteiger partial charge in [0.05, 0.1) is 0 Å². The Morgan fingerprint density at radius 3 is 2.86 bits per heavy atom. The molecule has 0 saturated carbocycles. The van der Waals surface area contributed by atoms with E-state index in [4.69, 9.17) is 5.11 Å². The Hall–Kier alpha value is -0.810. The number of nitrogens with zero attached hydrogens (tertiary/aromatic N) is 1. The minimum Gasteiger partial charge on any atom is -0.396 e. The van der Waals surface area contributed by atoms with E-state index in [-0.39, 0.29) is 18.7 Å². The maximum Gasteiger partial charge on any atom is 0.315 e. The molecule has 0 aromatic rings. The number of aliphatic hydroxyl groups is 1. The molecule has 0 bridgehead atoms. The van der Waals surface area contributed by atoms with Gasteiger partial charge in [-0.15, -0.1) is 0 Å². The van der Waals surface area contributed by atoms with Crippen LogP contribution in [0.1, 0.15) is 46.5 Å². The van der Waals surface area contributed by atoms with Crippen molar-refractivity contribution in [1.82, 2.24) is 15.5 Å². The second-order valence-electron chi connectivity index (χ2n) is 6.55. The van der Waals surface area contributed by atoms with Crippen molar-refractivity contribution in [3.63, 3.8) is 0 Å². The van der Waals surface area contributed by atoms with E-state index in [2.05, 4.69) is 36.3 Å². The Bertz CT molecular complexity index is 299. The predicted octanol–water partition coefficient (Wildman–Crippen LogP) is 1.81. The second kappa shape index (κ2) is 10.0. The van der Waals surface area contributed by atoms with Crippen LogP contribution in [0, 0.1) is 11.8 Å². The van der Waals surface area contributed by atoms with Gasteiger partial charge in [-0.3, -0.25) is 0 Å². The minimum atomic E-state index is -0.0936. The Morgan fingerprint density at radius 1 is 1.48 bits per heavy atom. The molecule has 1 aliphatic heterocycles. The van der Waals surface area contributed by atoms with E-state index in [0.717, 1.165) is 38.4 Å². The number of amides is 2. The summed E-state index contributed by atoms with van der Waals surface area (Å²) < 4.78 is 0. The third-order valence-corrected chi connectivity index (χ3v) is 4.32. The molecule has 1 saturated heterocycles. The first-order chi connectivity index (χ1) is 10.0. The highest BCUT2D eigenvalue weighted by atomic mass is 16.3. The molecule has 5 heteroatoms. The highest BCUT2D eigenvalue weighted by Crippen LogP contribution is 2.15. The van der Waals surface area contributed by atoms with Crippen molar-refractivity contribution >= 4 is 6.03 Å². The van der Waals surface area contributed by atoms with E-state index in [0.29, 0.717) is 12.5 Å². The molecule has 1 aliphatic rings. The van der Waals surface area contributed by atoms with Gasteiger partial charge in [0, 0.05) is 32.3 Å². The molecule has 0 aromatic carbocycles. The maximum absolute atomic E-state index is 11.9. The first-order valence-electron chi connectivity index (χ1n) is 8.42. The summed E-state index contributed by atoms with van der Waals surface area (Å²) in [6.45, 7) is 10.5. The lowest BCUT2D eigenvalue weighted by molar-refractivity contribution is 0.169. The van der Waals surface area contributed by atoms with Crippen LogP contribution >= 0.6 is 0 Å². The molecule has 0 aromatic heterocycles. The number of hydrogen-bond donors (Lipinski definition) is 3. The van der Waals surface area contributed by atoms with Crippen molar-refractivity contribution in [2.75, 3.05) is 32.8 Å². The second-order valence-corrected chi connectivity index (χ2v) is 6.55. The smallest absolute Gasteiger partial charge is 0.315 e. The zero-order chi connectivity index (χ0) is 15.7. The SMILES string of the molecule is CCC(CCO)CNC(=O)NC(C)CN1CCCC(C)C1. The number of carbonyl (C=O) groups is 1. The number of nitrogens with one attached hydrogen (secondary N) is 2. The summed E-state index contributed by atoms with van der Waals surface area (Å²) in [7, 11) is 0. The largest absolute Gasteiger partial charge is 0.396 e. The highest BCUT2D eigenvalue weighted by Gasteiger charge is 2.19. The minimum absolute atomic E-state index is 0.0936. The third kappa shape index (κ3) is 7.67. The van der Waals surface area contributed by atoms with Crippen LogP contribution in [0.2, 0.25) is 0 Å². The molecule has 21 heavy (non-hydrogen) atoms. The Balaban J connectivity index is 2.20. The lowest BCUT2D eigenvalue weighted by Gasteiger charge is -2.32. The van der Waals surface area contributed by atoms with Crippen LogP contribution in [0.15, 0.2) is 0 Å². The first-order valence-corrected chi connectivity index (χ1v) is 8.42. The van der Waals surface area contributed by atoms with Gasteiger partial charge in [0.25, 0.3) is 0 Å². The van der Waals surface area contributed by atoms with E-state index in [1.807, 2.05) is 0 Å². The van der Waals surface area contributed by atoms with Crippen molar-refractivity contribution in [3.8, 4) is 0 Å². The van der Waals surface area contributed by atoms with Gasteiger partial charge in [-0.25, -0.2) is 4.79 Å². The Labute approximate surface area is 129 Å². The van der Waals surface area contributed by atoms with Crippen LogP contribution in [0.5, 0.6) is 0 Å². The first kappa shape index (κ1) is 18.2. The van der Waals surface area contributed by atoms with Crippen molar-refractivity contribution in [2.24, 2.45) is 11.8 Å². The van der Waals surface area contributed by atoms with Gasteiger partial charge in [-0.2, -0.15) is 0 Å². The quantitative estimate of drug-likeness (QED) is 0.640. The molecule has 3 N–H and O–H groups in total. The van der Waals surface area contributed by atoms with E-state index in [1.165, 1.54) is 12.8 Å². The molecule has 2 amide bonds. The fourth-order valence-corrected chi connectivity index (χ4v) is 3.03. The summed E-state index contributed by atoms with van der Waals surface area (Å²) in [6.07, 6.45) is 4.31. The number of urea groups is 1. The predicted molar refractivity (Wildman–Crippen MR) is 86.3 cm³/mol. The zero-order valence-corrected chi connectivity index (χ0v) is 13.9. The van der Waals surface area contributed by atoms with E-state index in [9.17, 15) is 4.79 Å². The standard InChI is InChI=1S/C16H33N3O2/c1-4-15(7-9-20)10-17-16(21)18-14(3)12-19-8-5-6-13(2)11-19/h13-15,20H,4-12H2,1-3H3,(H2,17,18,21). The van der Waals surface area contributed by atoms with E-state index >= 15 is 0 Å². The average Bonchev–Trinajstić information content (AvgIpc) is 2.43. The molecule has 0 spiro atoms. The number of hydrogen-bond acceptors (Lipinski definition) is 3. The molecule has 0 radical (unpaired) electrons. The summed E-state index contributed by atoms with van der Waals surface area (Å²) in [6, 6.07) is 0.0668. The Kier molecular flexibility index (Phi) is 8.69. The number of likely N-dealkylation sites (tertiary alicyclic amines) is 1. The van der Waals surface area contributed by atoms with Crippen LogP contribution in [0.25, 0.3) is 0 Å². The van der Waals surface area contributed by atoms with Crippen molar-refractivity contribution in [2.45, 2.75) is 52.5 Å². The maximum atomic E-state index is 11.9. The topological polar surface area (TPSA) is 64.6 Å². The molecule has 3 unspecified atom stereocenters. The number of aliphatic hydroxyl groups excluding tert-OH is 1. The van der Waals surface area contributed by atoms with E-state index < -0.39 is 0 Å². The summed E-state index contributed by atoms with van der Waals surface area (Å²) >= 11 is 0. The molecule has 3 atom stereocenters. The monoisotopic (exact) mass is 299 g/mol. The van der Waals surface area contributed by atoms with Crippen molar-refractivity contribution in [3.05, 3.63) is 0 Å². The van der Waals surface area contributed by atoms with Gasteiger partial charge >= 0.3 is 6.03 Å². The van der Waals surface area contributed by atoms with Crippen molar-refractivity contribution < 1.29 is 9.90 Å². The normalized spacial score (nSPS) is 22.6. The molecule has 1 fully saturated rings. The van der Waals surface area contributed by atoms with Crippen LogP contribution in [-0.4, -0.2) is 54.9 Å². The van der Waals surface area contributed by atoms with Crippen LogP contribution < -0.4 is 10.6 Å². The summed E-state index contributed by atoms with van der Waals surface area (Å²) in [5.74, 6) is 1.13. The van der Waals surface area contributed by atoms with Gasteiger partial charge in [0.1, 0.15) is 0 Å².